The number of nitrogens with zero attached hydrogens (tertiary/aromatic N) is 3. The Kier molecular flexibility index (Phi) is 3.46. The van der Waals surface area contributed by atoms with Crippen molar-refractivity contribution < 1.29 is 30.2 Å². The maximum absolute atomic E-state index is 11.8. The van der Waals surface area contributed by atoms with Crippen LogP contribution in [0.3, 0.4) is 0 Å². The molecule has 0 unspecified atom stereocenters. The van der Waals surface area contributed by atoms with Crippen molar-refractivity contribution in [2.75, 3.05) is 12.3 Å². The second-order valence-corrected chi connectivity index (χ2v) is 4.71. The molecule has 1 saturated heterocycles. The van der Waals surface area contributed by atoms with E-state index in [1.54, 1.807) is 0 Å². The fraction of sp³-hybridized carbons (Fsp3) is 0.500. The van der Waals surface area contributed by atoms with Crippen molar-refractivity contribution in [3.63, 3.8) is 0 Å². The van der Waals surface area contributed by atoms with Gasteiger partial charge in [-0.25, -0.2) is 4.57 Å². The second kappa shape index (κ2) is 5.19. The third-order valence-electron chi connectivity index (χ3n) is 3.39. The van der Waals surface area contributed by atoms with E-state index in [1.807, 2.05) is 0 Å². The van der Waals surface area contributed by atoms with E-state index in [2.05, 4.69) is 19.8 Å². The van der Waals surface area contributed by atoms with Gasteiger partial charge in [-0.1, -0.05) is 0 Å². The molecule has 3 rings (SSSR count). The van der Waals surface area contributed by atoms with Crippen molar-refractivity contribution >= 4 is 17.1 Å². The lowest BCUT2D eigenvalue weighted by molar-refractivity contribution is -0.156. The van der Waals surface area contributed by atoms with Gasteiger partial charge in [-0.05, 0) is 0 Å². The number of imidazole rings is 1. The summed E-state index contributed by atoms with van der Waals surface area (Å²) >= 11 is 0. The highest BCUT2D eigenvalue weighted by Gasteiger charge is 2.45. The summed E-state index contributed by atoms with van der Waals surface area (Å²) in [5, 5.41) is 37.8. The molecule has 120 valence electrons. The number of aromatic amines is 1. The minimum atomic E-state index is -1.48. The molecule has 3 heterocycles. The van der Waals surface area contributed by atoms with Crippen LogP contribution in [0.15, 0.2) is 4.79 Å². The van der Waals surface area contributed by atoms with Gasteiger partial charge >= 0.3 is 6.01 Å². The van der Waals surface area contributed by atoms with E-state index in [1.165, 1.54) is 0 Å². The van der Waals surface area contributed by atoms with Gasteiger partial charge in [0.2, 0.25) is 5.95 Å². The SMILES string of the molecule is Nc1nc2c(nc(OO)n2[C@@H]2O[C@H](CO)[C@@H](O)[C@H]2O)c(=O)[nH]1. The quantitative estimate of drug-likeness (QED) is 0.254. The molecule has 0 aliphatic carbocycles. The first-order valence-corrected chi connectivity index (χ1v) is 6.19. The molecule has 22 heavy (non-hydrogen) atoms. The number of nitrogens with one attached hydrogen (secondary N) is 1. The molecule has 2 aromatic rings. The van der Waals surface area contributed by atoms with Gasteiger partial charge in [0.15, 0.2) is 17.4 Å². The Morgan fingerprint density at radius 1 is 1.36 bits per heavy atom. The normalized spacial score (nSPS) is 28.4. The average Bonchev–Trinajstić information content (AvgIpc) is 2.98. The van der Waals surface area contributed by atoms with E-state index in [0.29, 0.717) is 0 Å². The maximum atomic E-state index is 11.8. The summed E-state index contributed by atoms with van der Waals surface area (Å²) in [6.07, 6.45) is -5.24. The van der Waals surface area contributed by atoms with Crippen molar-refractivity contribution in [2.45, 2.75) is 24.5 Å². The Hall–Kier alpha value is -2.25. The molecule has 0 amide bonds. The number of anilines is 1. The van der Waals surface area contributed by atoms with Gasteiger partial charge in [-0.3, -0.25) is 14.7 Å². The van der Waals surface area contributed by atoms with Gasteiger partial charge in [0, 0.05) is 0 Å². The van der Waals surface area contributed by atoms with E-state index in [4.69, 9.17) is 20.8 Å². The Bertz CT molecular complexity index is 758. The van der Waals surface area contributed by atoms with Crippen molar-refractivity contribution in [1.29, 1.82) is 0 Å². The Labute approximate surface area is 121 Å². The van der Waals surface area contributed by atoms with Gasteiger partial charge in [-0.2, -0.15) is 15.2 Å². The van der Waals surface area contributed by atoms with Crippen LogP contribution in [0.25, 0.3) is 11.2 Å². The highest BCUT2D eigenvalue weighted by Crippen LogP contribution is 2.34. The standard InChI is InChI=1S/C10H13N5O7/c11-9-13-6-3(7(19)14-9)12-10(22-20)15(6)8-5(18)4(17)2(1-16)21-8/h2,4-5,8,16-18,20H,1H2,(H3,11,13,14,19)/t2-,4-,5-,8-/m1/s1. The van der Waals surface area contributed by atoms with E-state index >= 15 is 0 Å². The summed E-state index contributed by atoms with van der Waals surface area (Å²) in [6.45, 7) is -0.549. The molecule has 0 saturated carbocycles. The van der Waals surface area contributed by atoms with Crippen LogP contribution >= 0.6 is 0 Å². The summed E-state index contributed by atoms with van der Waals surface area (Å²) in [5.41, 5.74) is 4.43. The number of rotatable bonds is 3. The molecule has 0 bridgehead atoms. The number of fused-ring (bicyclic) bond motifs is 1. The topological polar surface area (TPSA) is 189 Å². The highest BCUT2D eigenvalue weighted by molar-refractivity contribution is 5.72. The molecular formula is C10H13N5O7. The smallest absolute Gasteiger partial charge is 0.338 e. The highest BCUT2D eigenvalue weighted by atomic mass is 17.1. The molecule has 4 atom stereocenters. The third-order valence-corrected chi connectivity index (χ3v) is 3.39. The first-order valence-electron chi connectivity index (χ1n) is 6.19. The second-order valence-electron chi connectivity index (χ2n) is 4.71. The summed E-state index contributed by atoms with van der Waals surface area (Å²) in [4.78, 5) is 25.6. The average molecular weight is 315 g/mol. The Morgan fingerprint density at radius 2 is 2.09 bits per heavy atom. The number of ether oxygens (including phenoxy) is 1. The predicted octanol–water partition coefficient (Wildman–Crippen LogP) is -2.83. The minimum Gasteiger partial charge on any atom is -0.394 e. The molecule has 12 heteroatoms. The molecule has 0 aromatic carbocycles. The Morgan fingerprint density at radius 3 is 2.68 bits per heavy atom. The fourth-order valence-electron chi connectivity index (χ4n) is 2.37. The minimum absolute atomic E-state index is 0.125. The van der Waals surface area contributed by atoms with Crippen LogP contribution in [0.5, 0.6) is 6.01 Å². The molecule has 12 nitrogen and oxygen atoms in total. The summed E-state index contributed by atoms with van der Waals surface area (Å²) in [7, 11) is 0. The van der Waals surface area contributed by atoms with Gasteiger partial charge in [0.1, 0.15) is 18.3 Å². The van der Waals surface area contributed by atoms with Crippen LogP contribution in [0.1, 0.15) is 6.23 Å². The zero-order valence-corrected chi connectivity index (χ0v) is 10.9. The van der Waals surface area contributed by atoms with Gasteiger partial charge in [-0.15, -0.1) is 0 Å². The molecule has 7 N–H and O–H groups in total. The molecule has 1 fully saturated rings. The van der Waals surface area contributed by atoms with Gasteiger partial charge in [0.05, 0.1) is 6.61 Å². The number of nitrogens with two attached hydrogens (primary N) is 1. The van der Waals surface area contributed by atoms with E-state index in [0.717, 1.165) is 4.57 Å². The number of nitrogen functional groups attached to an aromatic ring is 1. The van der Waals surface area contributed by atoms with Gasteiger partial charge in [0.25, 0.3) is 5.56 Å². The number of aliphatic hydroxyl groups excluding tert-OH is 3. The lowest BCUT2D eigenvalue weighted by Gasteiger charge is -2.17. The maximum Gasteiger partial charge on any atom is 0.338 e. The molecule has 1 aliphatic rings. The number of hydrogen-bond donors (Lipinski definition) is 6. The molecule has 0 spiro atoms. The molecular weight excluding hydrogens is 302 g/mol. The van der Waals surface area contributed by atoms with Crippen molar-refractivity contribution in [1.82, 2.24) is 19.5 Å². The predicted molar refractivity (Wildman–Crippen MR) is 68.8 cm³/mol. The number of aliphatic hydroxyl groups is 3. The molecule has 2 aromatic heterocycles. The Balaban J connectivity index is 2.20. The first kappa shape index (κ1) is 14.7. The number of H-pyrrole nitrogens is 1. The van der Waals surface area contributed by atoms with Gasteiger partial charge < -0.3 is 25.8 Å². The van der Waals surface area contributed by atoms with Crippen LogP contribution in [-0.2, 0) is 4.74 Å². The van der Waals surface area contributed by atoms with Crippen LogP contribution in [0, 0.1) is 0 Å². The zero-order valence-electron chi connectivity index (χ0n) is 10.9. The van der Waals surface area contributed by atoms with Crippen molar-refractivity contribution in [3.8, 4) is 6.01 Å². The van der Waals surface area contributed by atoms with E-state index in [9.17, 15) is 15.0 Å². The summed E-state index contributed by atoms with van der Waals surface area (Å²) in [6, 6.07) is -0.492. The monoisotopic (exact) mass is 315 g/mol. The third kappa shape index (κ3) is 2.01. The summed E-state index contributed by atoms with van der Waals surface area (Å²) in [5.74, 6) is -0.227. The molecule has 1 aliphatic heterocycles. The van der Waals surface area contributed by atoms with E-state index < -0.39 is 42.7 Å². The fourth-order valence-corrected chi connectivity index (χ4v) is 2.37. The molecule has 0 radical (unpaired) electrons. The van der Waals surface area contributed by atoms with Crippen LogP contribution in [0.2, 0.25) is 0 Å². The van der Waals surface area contributed by atoms with E-state index in [-0.39, 0.29) is 17.1 Å². The lowest BCUT2D eigenvalue weighted by atomic mass is 10.1. The zero-order chi connectivity index (χ0) is 16.0. The number of aromatic nitrogens is 4. The van der Waals surface area contributed by atoms with Crippen LogP contribution in [0.4, 0.5) is 5.95 Å². The van der Waals surface area contributed by atoms with Crippen LogP contribution < -0.4 is 16.2 Å². The first-order chi connectivity index (χ1) is 10.5. The lowest BCUT2D eigenvalue weighted by Crippen LogP contribution is -2.33. The van der Waals surface area contributed by atoms with Crippen LogP contribution in [-0.4, -0.2) is 65.0 Å². The van der Waals surface area contributed by atoms with Crippen molar-refractivity contribution in [3.05, 3.63) is 10.4 Å². The van der Waals surface area contributed by atoms with Crippen molar-refractivity contribution in [2.24, 2.45) is 0 Å². The number of hydrogen-bond acceptors (Lipinski definition) is 10. The largest absolute Gasteiger partial charge is 0.394 e. The summed E-state index contributed by atoms with van der Waals surface area (Å²) < 4.78 is 6.26.